The molecule has 0 spiro atoms. The fourth-order valence-electron chi connectivity index (χ4n) is 2.12. The Labute approximate surface area is 136 Å². The highest BCUT2D eigenvalue weighted by Gasteiger charge is 2.09. The third kappa shape index (κ3) is 8.03. The Balaban J connectivity index is 2.04. The highest BCUT2D eigenvalue weighted by molar-refractivity contribution is 6.30. The van der Waals surface area contributed by atoms with E-state index < -0.39 is 5.97 Å². The number of unbranched alkanes of at least 4 members (excludes halogenated alkanes) is 1. The fraction of sp³-hybridized carbons (Fsp3) is 0.529. The van der Waals surface area contributed by atoms with E-state index in [0.717, 1.165) is 30.7 Å². The molecule has 1 atom stereocenters. The molecule has 0 bridgehead atoms. The van der Waals surface area contributed by atoms with E-state index in [4.69, 9.17) is 16.7 Å². The number of carboxylic acid groups (broad SMARTS) is 1. The Morgan fingerprint density at radius 3 is 2.50 bits per heavy atom. The van der Waals surface area contributed by atoms with Crippen molar-refractivity contribution in [1.29, 1.82) is 0 Å². The molecular weight excluding hydrogens is 302 g/mol. The van der Waals surface area contributed by atoms with Crippen LogP contribution in [0.15, 0.2) is 24.3 Å². The van der Waals surface area contributed by atoms with Gasteiger partial charge < -0.3 is 10.4 Å². The zero-order valence-corrected chi connectivity index (χ0v) is 13.7. The van der Waals surface area contributed by atoms with E-state index in [0.29, 0.717) is 19.4 Å². The predicted molar refractivity (Wildman–Crippen MR) is 88.1 cm³/mol. The molecule has 1 unspecified atom stereocenters. The number of rotatable bonds is 10. The quantitative estimate of drug-likeness (QED) is 0.645. The molecule has 0 saturated heterocycles. The molecular formula is C17H24ClNO3. The molecule has 1 aromatic carbocycles. The monoisotopic (exact) mass is 325 g/mol. The second-order valence-electron chi connectivity index (χ2n) is 5.57. The van der Waals surface area contributed by atoms with Crippen molar-refractivity contribution in [3.05, 3.63) is 34.9 Å². The molecule has 0 radical (unpaired) electrons. The summed E-state index contributed by atoms with van der Waals surface area (Å²) in [5, 5.41) is 12.4. The van der Waals surface area contributed by atoms with Crippen LogP contribution in [0.3, 0.4) is 0 Å². The molecule has 0 saturated carbocycles. The summed E-state index contributed by atoms with van der Waals surface area (Å²) in [6, 6.07) is 7.66. The van der Waals surface area contributed by atoms with E-state index in [1.54, 1.807) is 6.92 Å². The van der Waals surface area contributed by atoms with Crippen LogP contribution in [-0.4, -0.2) is 23.5 Å². The normalized spacial score (nSPS) is 11.9. The van der Waals surface area contributed by atoms with Crippen molar-refractivity contribution in [2.75, 3.05) is 6.54 Å². The molecule has 1 aromatic rings. The first-order chi connectivity index (χ1) is 10.5. The van der Waals surface area contributed by atoms with Gasteiger partial charge in [-0.15, -0.1) is 0 Å². The first-order valence-corrected chi connectivity index (χ1v) is 8.11. The second-order valence-corrected chi connectivity index (χ2v) is 6.00. The summed E-state index contributed by atoms with van der Waals surface area (Å²) in [5.74, 6) is -1.01. The zero-order chi connectivity index (χ0) is 16.4. The smallest absolute Gasteiger partial charge is 0.306 e. The summed E-state index contributed by atoms with van der Waals surface area (Å²) < 4.78 is 0. The number of carbonyl (C=O) groups is 2. The van der Waals surface area contributed by atoms with Crippen LogP contribution >= 0.6 is 11.6 Å². The van der Waals surface area contributed by atoms with Crippen molar-refractivity contribution in [3.63, 3.8) is 0 Å². The van der Waals surface area contributed by atoms with E-state index in [-0.39, 0.29) is 11.8 Å². The van der Waals surface area contributed by atoms with Gasteiger partial charge in [0.15, 0.2) is 0 Å². The molecule has 22 heavy (non-hydrogen) atoms. The SMILES string of the molecule is CC(CCCCNC(=O)CCCc1ccc(Cl)cc1)C(=O)O. The van der Waals surface area contributed by atoms with Gasteiger partial charge in [-0.05, 0) is 43.4 Å². The Kier molecular flexibility index (Phi) is 8.60. The van der Waals surface area contributed by atoms with Crippen LogP contribution in [0, 0.1) is 5.92 Å². The van der Waals surface area contributed by atoms with Crippen LogP contribution < -0.4 is 5.32 Å². The first kappa shape index (κ1) is 18.5. The summed E-state index contributed by atoms with van der Waals surface area (Å²) in [6.07, 6.45) is 4.47. The fourth-order valence-corrected chi connectivity index (χ4v) is 2.25. The molecule has 122 valence electrons. The van der Waals surface area contributed by atoms with E-state index in [9.17, 15) is 9.59 Å². The van der Waals surface area contributed by atoms with E-state index in [2.05, 4.69) is 5.32 Å². The van der Waals surface area contributed by atoms with E-state index in [1.165, 1.54) is 5.56 Å². The van der Waals surface area contributed by atoms with Crippen LogP contribution in [0.2, 0.25) is 5.02 Å². The van der Waals surface area contributed by atoms with E-state index >= 15 is 0 Å². The number of carbonyl (C=O) groups excluding carboxylic acids is 1. The lowest BCUT2D eigenvalue weighted by molar-refractivity contribution is -0.141. The summed E-state index contributed by atoms with van der Waals surface area (Å²) in [6.45, 7) is 2.32. The zero-order valence-electron chi connectivity index (χ0n) is 13.0. The number of nitrogens with one attached hydrogen (secondary N) is 1. The van der Waals surface area contributed by atoms with Crippen LogP contribution in [0.25, 0.3) is 0 Å². The molecule has 1 rings (SSSR count). The number of aryl methyl sites for hydroxylation is 1. The van der Waals surface area contributed by atoms with Crippen molar-refractivity contribution in [3.8, 4) is 0 Å². The van der Waals surface area contributed by atoms with Crippen molar-refractivity contribution in [2.45, 2.75) is 45.4 Å². The summed E-state index contributed by atoms with van der Waals surface area (Å²) >= 11 is 5.82. The van der Waals surface area contributed by atoms with Gasteiger partial charge in [0, 0.05) is 18.0 Å². The largest absolute Gasteiger partial charge is 0.481 e. The molecule has 0 fully saturated rings. The molecule has 0 aliphatic carbocycles. The Hall–Kier alpha value is -1.55. The third-order valence-corrected chi connectivity index (χ3v) is 3.84. The van der Waals surface area contributed by atoms with Crippen molar-refractivity contribution < 1.29 is 14.7 Å². The average molecular weight is 326 g/mol. The molecule has 0 heterocycles. The molecule has 5 heteroatoms. The minimum absolute atomic E-state index is 0.0558. The highest BCUT2D eigenvalue weighted by atomic mass is 35.5. The van der Waals surface area contributed by atoms with Crippen LogP contribution in [0.1, 0.15) is 44.6 Å². The number of hydrogen-bond donors (Lipinski definition) is 2. The Morgan fingerprint density at radius 1 is 1.18 bits per heavy atom. The molecule has 0 aliphatic rings. The average Bonchev–Trinajstić information content (AvgIpc) is 2.48. The van der Waals surface area contributed by atoms with Crippen molar-refractivity contribution >= 4 is 23.5 Å². The molecule has 1 amide bonds. The third-order valence-electron chi connectivity index (χ3n) is 3.59. The molecule has 0 aromatic heterocycles. The van der Waals surface area contributed by atoms with Crippen molar-refractivity contribution in [2.24, 2.45) is 5.92 Å². The maximum Gasteiger partial charge on any atom is 0.306 e. The maximum atomic E-state index is 11.7. The summed E-state index contributed by atoms with van der Waals surface area (Å²) in [5.41, 5.74) is 1.18. The van der Waals surface area contributed by atoms with Gasteiger partial charge in [-0.1, -0.05) is 37.1 Å². The minimum atomic E-state index is -0.758. The topological polar surface area (TPSA) is 66.4 Å². The van der Waals surface area contributed by atoms with Gasteiger partial charge in [-0.2, -0.15) is 0 Å². The number of aliphatic carboxylic acids is 1. The Morgan fingerprint density at radius 2 is 1.86 bits per heavy atom. The molecule has 0 aliphatic heterocycles. The highest BCUT2D eigenvalue weighted by Crippen LogP contribution is 2.11. The summed E-state index contributed by atoms with van der Waals surface area (Å²) in [4.78, 5) is 22.3. The number of benzene rings is 1. The second kappa shape index (κ2) is 10.2. The first-order valence-electron chi connectivity index (χ1n) is 7.73. The van der Waals surface area contributed by atoms with E-state index in [1.807, 2.05) is 24.3 Å². The molecule has 4 nitrogen and oxygen atoms in total. The van der Waals surface area contributed by atoms with Gasteiger partial charge in [0.25, 0.3) is 0 Å². The van der Waals surface area contributed by atoms with Crippen LogP contribution in [0.5, 0.6) is 0 Å². The van der Waals surface area contributed by atoms with Gasteiger partial charge in [-0.25, -0.2) is 0 Å². The number of halogens is 1. The maximum absolute atomic E-state index is 11.7. The lowest BCUT2D eigenvalue weighted by Gasteiger charge is -2.07. The van der Waals surface area contributed by atoms with Crippen LogP contribution in [-0.2, 0) is 16.0 Å². The lowest BCUT2D eigenvalue weighted by atomic mass is 10.0. The van der Waals surface area contributed by atoms with Crippen LogP contribution in [0.4, 0.5) is 0 Å². The van der Waals surface area contributed by atoms with Gasteiger partial charge in [-0.3, -0.25) is 9.59 Å². The minimum Gasteiger partial charge on any atom is -0.481 e. The van der Waals surface area contributed by atoms with Gasteiger partial charge in [0.05, 0.1) is 5.92 Å². The Bertz CT molecular complexity index is 473. The van der Waals surface area contributed by atoms with Crippen molar-refractivity contribution in [1.82, 2.24) is 5.32 Å². The lowest BCUT2D eigenvalue weighted by Crippen LogP contribution is -2.24. The molecule has 2 N–H and O–H groups in total. The standard InChI is InChI=1S/C17H24ClNO3/c1-13(17(21)22)5-2-3-12-19-16(20)7-4-6-14-8-10-15(18)11-9-14/h8-11,13H,2-7,12H2,1H3,(H,19,20)(H,21,22). The summed E-state index contributed by atoms with van der Waals surface area (Å²) in [7, 11) is 0. The number of hydrogen-bond acceptors (Lipinski definition) is 2. The van der Waals surface area contributed by atoms with Gasteiger partial charge in [0.2, 0.25) is 5.91 Å². The predicted octanol–water partition coefficient (Wildman–Crippen LogP) is 3.67. The van der Waals surface area contributed by atoms with Gasteiger partial charge >= 0.3 is 5.97 Å². The number of carboxylic acids is 1. The number of amides is 1. The van der Waals surface area contributed by atoms with Gasteiger partial charge in [0.1, 0.15) is 0 Å².